The van der Waals surface area contributed by atoms with Gasteiger partial charge in [0.05, 0.1) is 5.69 Å². The Morgan fingerprint density at radius 1 is 1.53 bits per heavy atom. The van der Waals surface area contributed by atoms with Gasteiger partial charge in [0.2, 0.25) is 0 Å². The molecule has 0 amide bonds. The maximum Gasteiger partial charge on any atom is 0.147 e. The maximum absolute atomic E-state index is 13.8. The molecule has 3 N–H and O–H groups in total. The number of nitrogens with two attached hydrogens (primary N) is 1. The van der Waals surface area contributed by atoms with Crippen molar-refractivity contribution in [2.24, 2.45) is 11.7 Å². The second kappa shape index (κ2) is 5.66. The molecule has 1 atom stereocenters. The number of nitrogen functional groups attached to an aromatic ring is 1. The predicted molar refractivity (Wildman–Crippen MR) is 70.1 cm³/mol. The lowest BCUT2D eigenvalue weighted by molar-refractivity contribution is 0.550. The minimum atomic E-state index is -0.330. The molecule has 0 aliphatic carbocycles. The average Bonchev–Trinajstić information content (AvgIpc) is 2.28. The largest absolute Gasteiger partial charge is 0.384 e. The number of hydrogen-bond donors (Lipinski definition) is 2. The van der Waals surface area contributed by atoms with Gasteiger partial charge in [0.1, 0.15) is 11.7 Å². The zero-order valence-electron chi connectivity index (χ0n) is 10.6. The van der Waals surface area contributed by atoms with Gasteiger partial charge in [-0.05, 0) is 24.1 Å². The van der Waals surface area contributed by atoms with Crippen LogP contribution in [0.3, 0.4) is 0 Å². The van der Waals surface area contributed by atoms with Crippen LogP contribution in [0.1, 0.15) is 25.8 Å². The molecule has 4 heteroatoms. The number of benzene rings is 1. The van der Waals surface area contributed by atoms with Crippen molar-refractivity contribution >= 4 is 11.5 Å². The van der Waals surface area contributed by atoms with Crippen molar-refractivity contribution in [1.82, 2.24) is 0 Å². The van der Waals surface area contributed by atoms with E-state index < -0.39 is 0 Å². The summed E-state index contributed by atoms with van der Waals surface area (Å²) >= 11 is 0. The summed E-state index contributed by atoms with van der Waals surface area (Å²) < 4.78 is 13.8. The van der Waals surface area contributed by atoms with E-state index in [-0.39, 0.29) is 11.7 Å². The van der Waals surface area contributed by atoms with Crippen LogP contribution in [0.5, 0.6) is 0 Å². The lowest BCUT2D eigenvalue weighted by Gasteiger charge is -2.23. The van der Waals surface area contributed by atoms with Crippen LogP contribution in [0, 0.1) is 17.1 Å². The van der Waals surface area contributed by atoms with Crippen LogP contribution in [0.15, 0.2) is 18.2 Å². The first kappa shape index (κ1) is 13.5. The van der Waals surface area contributed by atoms with Crippen molar-refractivity contribution in [1.29, 1.82) is 5.41 Å². The van der Waals surface area contributed by atoms with Gasteiger partial charge in [-0.1, -0.05) is 20.3 Å². The van der Waals surface area contributed by atoms with Crippen LogP contribution in [-0.4, -0.2) is 19.4 Å². The number of nitrogens with one attached hydrogen (secondary N) is 1. The molecule has 0 fully saturated rings. The first-order valence-electron chi connectivity index (χ1n) is 5.80. The van der Waals surface area contributed by atoms with Gasteiger partial charge in [-0.25, -0.2) is 4.39 Å². The molecule has 0 spiro atoms. The van der Waals surface area contributed by atoms with Gasteiger partial charge in [0.25, 0.3) is 0 Å². The summed E-state index contributed by atoms with van der Waals surface area (Å²) in [5.74, 6) is 0.0791. The van der Waals surface area contributed by atoms with E-state index in [4.69, 9.17) is 11.1 Å². The second-order valence-electron chi connectivity index (χ2n) is 4.47. The molecule has 1 unspecified atom stereocenters. The summed E-state index contributed by atoms with van der Waals surface area (Å²) in [6, 6.07) is 4.66. The highest BCUT2D eigenvalue weighted by molar-refractivity contribution is 5.95. The van der Waals surface area contributed by atoms with Crippen LogP contribution in [-0.2, 0) is 0 Å². The molecule has 17 heavy (non-hydrogen) atoms. The van der Waals surface area contributed by atoms with Crippen molar-refractivity contribution < 1.29 is 4.39 Å². The molecule has 0 radical (unpaired) electrons. The van der Waals surface area contributed by atoms with E-state index in [1.54, 1.807) is 12.1 Å². The summed E-state index contributed by atoms with van der Waals surface area (Å²) in [5, 5.41) is 7.25. The first-order valence-corrected chi connectivity index (χ1v) is 5.80. The molecule has 1 aromatic rings. The van der Waals surface area contributed by atoms with Crippen molar-refractivity contribution in [3.05, 3.63) is 29.6 Å². The van der Waals surface area contributed by atoms with E-state index in [1.807, 2.05) is 11.9 Å². The number of hydrogen-bond acceptors (Lipinski definition) is 2. The first-order chi connectivity index (χ1) is 7.95. The van der Waals surface area contributed by atoms with E-state index >= 15 is 0 Å². The lowest BCUT2D eigenvalue weighted by atomic mass is 10.1. The predicted octanol–water partition coefficient (Wildman–Crippen LogP) is 2.59. The minimum Gasteiger partial charge on any atom is -0.384 e. The number of anilines is 1. The van der Waals surface area contributed by atoms with Crippen molar-refractivity contribution in [3.63, 3.8) is 0 Å². The highest BCUT2D eigenvalue weighted by Crippen LogP contribution is 2.20. The summed E-state index contributed by atoms with van der Waals surface area (Å²) in [6.45, 7) is 5.07. The van der Waals surface area contributed by atoms with Gasteiger partial charge < -0.3 is 10.6 Å². The Labute approximate surface area is 102 Å². The second-order valence-corrected chi connectivity index (χ2v) is 4.47. The van der Waals surface area contributed by atoms with Crippen molar-refractivity contribution in [2.45, 2.75) is 20.3 Å². The molecular weight excluding hydrogens is 217 g/mol. The molecule has 0 aliphatic rings. The SMILES string of the molecule is CCC(C)CN(C)c1ccc(C(=N)N)cc1F. The third-order valence-electron chi connectivity index (χ3n) is 2.95. The van der Waals surface area contributed by atoms with E-state index in [0.29, 0.717) is 17.2 Å². The highest BCUT2D eigenvalue weighted by Gasteiger charge is 2.11. The highest BCUT2D eigenvalue weighted by atomic mass is 19.1. The van der Waals surface area contributed by atoms with Gasteiger partial charge >= 0.3 is 0 Å². The van der Waals surface area contributed by atoms with Gasteiger partial charge in [-0.15, -0.1) is 0 Å². The minimum absolute atomic E-state index is 0.111. The standard InChI is InChI=1S/C13H20FN3/c1-4-9(2)8-17(3)12-6-5-10(13(15)16)7-11(12)14/h5-7,9H,4,8H2,1-3H3,(H3,15,16). The fourth-order valence-electron chi connectivity index (χ4n) is 1.68. The number of halogens is 1. The molecule has 3 nitrogen and oxygen atoms in total. The fraction of sp³-hybridized carbons (Fsp3) is 0.462. The Morgan fingerprint density at radius 3 is 2.65 bits per heavy atom. The summed E-state index contributed by atoms with van der Waals surface area (Å²) in [4.78, 5) is 1.90. The molecule has 0 aliphatic heterocycles. The lowest BCUT2D eigenvalue weighted by Crippen LogP contribution is -2.24. The number of rotatable bonds is 5. The quantitative estimate of drug-likeness (QED) is 0.611. The van der Waals surface area contributed by atoms with Crippen molar-refractivity contribution in [3.8, 4) is 0 Å². The van der Waals surface area contributed by atoms with Gasteiger partial charge in [0.15, 0.2) is 0 Å². The molecule has 0 heterocycles. The van der Waals surface area contributed by atoms with Gasteiger partial charge in [0, 0.05) is 19.2 Å². The zero-order valence-corrected chi connectivity index (χ0v) is 10.6. The van der Waals surface area contributed by atoms with E-state index in [1.165, 1.54) is 6.07 Å². The van der Waals surface area contributed by atoms with E-state index in [9.17, 15) is 4.39 Å². The third kappa shape index (κ3) is 3.44. The molecule has 94 valence electrons. The Bertz CT molecular complexity index is 404. The average molecular weight is 237 g/mol. The molecule has 0 saturated heterocycles. The smallest absolute Gasteiger partial charge is 0.147 e. The fourth-order valence-corrected chi connectivity index (χ4v) is 1.68. The molecule has 0 saturated carbocycles. The number of amidine groups is 1. The Kier molecular flexibility index (Phi) is 4.49. The van der Waals surface area contributed by atoms with Gasteiger partial charge in [-0.2, -0.15) is 0 Å². The normalized spacial score (nSPS) is 12.2. The maximum atomic E-state index is 13.8. The monoisotopic (exact) mass is 237 g/mol. The van der Waals surface area contributed by atoms with Crippen LogP contribution < -0.4 is 10.6 Å². The molecule has 1 rings (SSSR count). The molecule has 1 aromatic carbocycles. The molecular formula is C13H20FN3. The Balaban J connectivity index is 2.88. The van der Waals surface area contributed by atoms with Crippen LogP contribution in [0.4, 0.5) is 10.1 Å². The molecule has 0 aromatic heterocycles. The topological polar surface area (TPSA) is 53.1 Å². The summed E-state index contributed by atoms with van der Waals surface area (Å²) in [5.41, 5.74) is 6.28. The third-order valence-corrected chi connectivity index (χ3v) is 2.95. The number of nitrogens with zero attached hydrogens (tertiary/aromatic N) is 1. The molecule has 0 bridgehead atoms. The van der Waals surface area contributed by atoms with E-state index in [2.05, 4.69) is 13.8 Å². The van der Waals surface area contributed by atoms with Crippen LogP contribution in [0.25, 0.3) is 0 Å². The Hall–Kier alpha value is -1.58. The van der Waals surface area contributed by atoms with Crippen LogP contribution in [0.2, 0.25) is 0 Å². The van der Waals surface area contributed by atoms with Gasteiger partial charge in [-0.3, -0.25) is 5.41 Å². The Morgan fingerprint density at radius 2 is 2.18 bits per heavy atom. The van der Waals surface area contributed by atoms with Crippen LogP contribution >= 0.6 is 0 Å². The summed E-state index contributed by atoms with van der Waals surface area (Å²) in [7, 11) is 1.87. The zero-order chi connectivity index (χ0) is 13.0. The van der Waals surface area contributed by atoms with E-state index in [0.717, 1.165) is 13.0 Å². The summed E-state index contributed by atoms with van der Waals surface area (Å²) in [6.07, 6.45) is 1.07. The van der Waals surface area contributed by atoms with Crippen molar-refractivity contribution in [2.75, 3.05) is 18.5 Å².